The monoisotopic (exact) mass is 359 g/mol. The lowest BCUT2D eigenvalue weighted by molar-refractivity contribution is -0.125. The first-order valence-corrected chi connectivity index (χ1v) is 9.87. The summed E-state index contributed by atoms with van der Waals surface area (Å²) in [6.45, 7) is 5.78. The molecule has 0 saturated heterocycles. The Hall–Kier alpha value is -1.88. The highest BCUT2D eigenvalue weighted by molar-refractivity contribution is 5.96. The van der Waals surface area contributed by atoms with Gasteiger partial charge < -0.3 is 16.0 Å². The topological polar surface area (TPSA) is 70.2 Å². The maximum atomic E-state index is 12.3. The Kier molecular flexibility index (Phi) is 8.10. The highest BCUT2D eigenvalue weighted by atomic mass is 16.2. The molecule has 1 saturated carbocycles. The molecule has 5 nitrogen and oxygen atoms in total. The summed E-state index contributed by atoms with van der Waals surface area (Å²) in [5.41, 5.74) is 2.86. The van der Waals surface area contributed by atoms with Gasteiger partial charge in [0.05, 0.1) is 12.6 Å². The Labute approximate surface area is 157 Å². The zero-order valence-electron chi connectivity index (χ0n) is 16.4. The van der Waals surface area contributed by atoms with Crippen LogP contribution < -0.4 is 16.0 Å². The van der Waals surface area contributed by atoms with Gasteiger partial charge in [0.25, 0.3) is 0 Å². The number of nitrogens with one attached hydrogen (secondary N) is 3. The third kappa shape index (κ3) is 6.45. The number of carbonyl (C=O) groups is 2. The van der Waals surface area contributed by atoms with Gasteiger partial charge in [0.2, 0.25) is 11.8 Å². The van der Waals surface area contributed by atoms with E-state index >= 15 is 0 Å². The zero-order valence-corrected chi connectivity index (χ0v) is 16.4. The van der Waals surface area contributed by atoms with Gasteiger partial charge in [0.1, 0.15) is 0 Å². The van der Waals surface area contributed by atoms with E-state index in [-0.39, 0.29) is 24.4 Å². The fourth-order valence-electron chi connectivity index (χ4n) is 3.57. The van der Waals surface area contributed by atoms with Gasteiger partial charge in [-0.15, -0.1) is 0 Å². The second kappa shape index (κ2) is 10.3. The summed E-state index contributed by atoms with van der Waals surface area (Å²) in [4.78, 5) is 24.5. The van der Waals surface area contributed by atoms with E-state index in [4.69, 9.17) is 0 Å². The first-order valence-electron chi connectivity index (χ1n) is 9.87. The van der Waals surface area contributed by atoms with Crippen LogP contribution in [0.4, 0.5) is 5.69 Å². The zero-order chi connectivity index (χ0) is 18.9. The molecule has 1 aromatic carbocycles. The number of anilines is 1. The smallest absolute Gasteiger partial charge is 0.243 e. The Morgan fingerprint density at radius 3 is 2.23 bits per heavy atom. The molecule has 26 heavy (non-hydrogen) atoms. The normalized spacial score (nSPS) is 17.0. The number of carbonyl (C=O) groups excluding carboxylic acids is 2. The molecule has 2 amide bonds. The molecule has 0 aromatic heterocycles. The maximum absolute atomic E-state index is 12.3. The van der Waals surface area contributed by atoms with E-state index in [9.17, 15) is 9.59 Å². The van der Waals surface area contributed by atoms with E-state index in [0.717, 1.165) is 29.7 Å². The highest BCUT2D eigenvalue weighted by Crippen LogP contribution is 2.19. The van der Waals surface area contributed by atoms with Gasteiger partial charge in [-0.1, -0.05) is 50.3 Å². The molecule has 0 spiro atoms. The van der Waals surface area contributed by atoms with E-state index in [2.05, 4.69) is 16.0 Å². The second-order valence-electron chi connectivity index (χ2n) is 7.46. The summed E-state index contributed by atoms with van der Waals surface area (Å²) in [5.74, 6) is -0.322. The van der Waals surface area contributed by atoms with E-state index < -0.39 is 0 Å². The van der Waals surface area contributed by atoms with Crippen LogP contribution in [-0.4, -0.2) is 30.4 Å². The molecule has 3 N–H and O–H groups in total. The molecule has 1 atom stereocenters. The highest BCUT2D eigenvalue weighted by Gasteiger charge is 2.19. The molecule has 1 aromatic rings. The Morgan fingerprint density at radius 2 is 1.62 bits per heavy atom. The Balaban J connectivity index is 1.76. The lowest BCUT2D eigenvalue weighted by Crippen LogP contribution is -2.48. The predicted octanol–water partition coefficient (Wildman–Crippen LogP) is 3.45. The van der Waals surface area contributed by atoms with Crippen LogP contribution in [0.1, 0.15) is 63.0 Å². The van der Waals surface area contributed by atoms with Crippen molar-refractivity contribution < 1.29 is 9.59 Å². The van der Waals surface area contributed by atoms with Gasteiger partial charge >= 0.3 is 0 Å². The average molecular weight is 360 g/mol. The summed E-state index contributed by atoms with van der Waals surface area (Å²) in [6, 6.07) is 6.00. The van der Waals surface area contributed by atoms with Crippen molar-refractivity contribution in [2.75, 3.05) is 11.9 Å². The van der Waals surface area contributed by atoms with Crippen LogP contribution in [0, 0.1) is 13.8 Å². The molecule has 144 valence electrons. The molecular formula is C21H33N3O2. The molecule has 0 bridgehead atoms. The molecule has 0 unspecified atom stereocenters. The summed E-state index contributed by atoms with van der Waals surface area (Å²) in [6.07, 6.45) is 8.62. The number of hydrogen-bond acceptors (Lipinski definition) is 3. The Bertz CT molecular complexity index is 587. The van der Waals surface area contributed by atoms with Crippen LogP contribution in [0.2, 0.25) is 0 Å². The third-order valence-electron chi connectivity index (χ3n) is 5.15. The second-order valence-corrected chi connectivity index (χ2v) is 7.46. The van der Waals surface area contributed by atoms with Crippen molar-refractivity contribution in [1.29, 1.82) is 0 Å². The van der Waals surface area contributed by atoms with Crippen molar-refractivity contribution >= 4 is 17.5 Å². The lowest BCUT2D eigenvalue weighted by atomic mass is 9.96. The number of aryl methyl sites for hydroxylation is 2. The summed E-state index contributed by atoms with van der Waals surface area (Å²) < 4.78 is 0. The summed E-state index contributed by atoms with van der Waals surface area (Å²) in [5, 5.41) is 9.08. The summed E-state index contributed by atoms with van der Waals surface area (Å²) in [7, 11) is 0. The van der Waals surface area contributed by atoms with Crippen molar-refractivity contribution in [2.45, 2.75) is 77.8 Å². The minimum absolute atomic E-state index is 0.0106. The van der Waals surface area contributed by atoms with Gasteiger partial charge in [-0.2, -0.15) is 0 Å². The van der Waals surface area contributed by atoms with Crippen LogP contribution in [0.15, 0.2) is 18.2 Å². The fraction of sp³-hybridized carbons (Fsp3) is 0.619. The van der Waals surface area contributed by atoms with Gasteiger partial charge in [-0.3, -0.25) is 9.59 Å². The van der Waals surface area contributed by atoms with Gasteiger partial charge in [0, 0.05) is 11.7 Å². The number of benzene rings is 1. The van der Waals surface area contributed by atoms with Gasteiger partial charge in [-0.05, 0) is 44.7 Å². The average Bonchev–Trinajstić information content (AvgIpc) is 2.58. The van der Waals surface area contributed by atoms with Crippen LogP contribution in [0.3, 0.4) is 0 Å². The standard InChI is InChI=1S/C21H33N3O2/c1-15-10-9-11-16(2)20(15)24-19(25)14-22-21(26)17(3)23-18-12-7-5-4-6-8-13-18/h9-11,17-18,23H,4-8,12-14H2,1-3H3,(H,22,26)(H,24,25)/t17-/m1/s1. The van der Waals surface area contributed by atoms with E-state index in [1.807, 2.05) is 39.0 Å². The molecule has 1 aliphatic carbocycles. The Morgan fingerprint density at radius 1 is 1.04 bits per heavy atom. The number of rotatable bonds is 6. The van der Waals surface area contributed by atoms with Crippen LogP contribution in [0.5, 0.6) is 0 Å². The molecule has 2 rings (SSSR count). The number of para-hydroxylation sites is 1. The van der Waals surface area contributed by atoms with Crippen LogP contribution in [0.25, 0.3) is 0 Å². The SMILES string of the molecule is Cc1cccc(C)c1NC(=O)CNC(=O)[C@@H](C)NC1CCCCCCC1. The number of amides is 2. The first-order chi connectivity index (χ1) is 12.5. The maximum Gasteiger partial charge on any atom is 0.243 e. The quantitative estimate of drug-likeness (QED) is 0.728. The molecule has 0 aliphatic heterocycles. The molecular weight excluding hydrogens is 326 g/mol. The van der Waals surface area contributed by atoms with Crippen LogP contribution in [-0.2, 0) is 9.59 Å². The van der Waals surface area contributed by atoms with E-state index in [0.29, 0.717) is 6.04 Å². The molecule has 1 fully saturated rings. The van der Waals surface area contributed by atoms with Gasteiger partial charge in [-0.25, -0.2) is 0 Å². The van der Waals surface area contributed by atoms with Crippen molar-refractivity contribution in [3.05, 3.63) is 29.3 Å². The van der Waals surface area contributed by atoms with Crippen molar-refractivity contribution in [2.24, 2.45) is 0 Å². The molecule has 0 heterocycles. The predicted molar refractivity (Wildman–Crippen MR) is 106 cm³/mol. The van der Waals surface area contributed by atoms with E-state index in [1.54, 1.807) is 0 Å². The van der Waals surface area contributed by atoms with Crippen molar-refractivity contribution in [1.82, 2.24) is 10.6 Å². The minimum atomic E-state index is -0.285. The third-order valence-corrected chi connectivity index (χ3v) is 5.15. The van der Waals surface area contributed by atoms with Crippen molar-refractivity contribution in [3.63, 3.8) is 0 Å². The fourth-order valence-corrected chi connectivity index (χ4v) is 3.57. The largest absolute Gasteiger partial charge is 0.346 e. The molecule has 0 radical (unpaired) electrons. The van der Waals surface area contributed by atoms with Crippen molar-refractivity contribution in [3.8, 4) is 0 Å². The first kappa shape index (κ1) is 20.4. The van der Waals surface area contributed by atoms with Gasteiger partial charge in [0.15, 0.2) is 0 Å². The summed E-state index contributed by atoms with van der Waals surface area (Å²) >= 11 is 0. The van der Waals surface area contributed by atoms with Crippen LogP contribution >= 0.6 is 0 Å². The number of hydrogen-bond donors (Lipinski definition) is 3. The molecule has 1 aliphatic rings. The lowest BCUT2D eigenvalue weighted by Gasteiger charge is -2.24. The minimum Gasteiger partial charge on any atom is -0.346 e. The van der Waals surface area contributed by atoms with E-state index in [1.165, 1.54) is 32.1 Å². The molecule has 5 heteroatoms.